The van der Waals surface area contributed by atoms with Crippen LogP contribution in [0.25, 0.3) is 0 Å². The maximum absolute atomic E-state index is 11.7. The number of piperazine rings is 1. The maximum Gasteiger partial charge on any atom is 0.315 e. The second-order valence-corrected chi connectivity index (χ2v) is 6.80. The number of rotatable bonds is 4. The average molecular weight is 304 g/mol. The lowest BCUT2D eigenvalue weighted by atomic mass is 10.1. The molecule has 2 rings (SSSR count). The van der Waals surface area contributed by atoms with Gasteiger partial charge in [0, 0.05) is 50.5 Å². The van der Waals surface area contributed by atoms with E-state index in [0.29, 0.717) is 6.54 Å². The van der Waals surface area contributed by atoms with E-state index in [1.54, 1.807) is 0 Å². The zero-order valence-corrected chi connectivity index (χ0v) is 13.9. The molecule has 2 amide bonds. The van der Waals surface area contributed by atoms with Gasteiger partial charge < -0.3 is 15.5 Å². The van der Waals surface area contributed by atoms with Crippen molar-refractivity contribution in [3.05, 3.63) is 30.3 Å². The van der Waals surface area contributed by atoms with E-state index in [0.717, 1.165) is 32.7 Å². The first-order chi connectivity index (χ1) is 10.4. The fraction of sp³-hybridized carbons (Fsp3) is 0.588. The standard InChI is InChI=1S/C17H28N4O/c1-17(2,3)19-16(22)18-9-10-20-11-13-21(14-12-20)15-7-5-4-6-8-15/h4-8H,9-14H2,1-3H3,(H2,18,19,22). The van der Waals surface area contributed by atoms with Crippen molar-refractivity contribution in [3.8, 4) is 0 Å². The van der Waals surface area contributed by atoms with Crippen LogP contribution in [-0.4, -0.2) is 55.7 Å². The highest BCUT2D eigenvalue weighted by atomic mass is 16.2. The summed E-state index contributed by atoms with van der Waals surface area (Å²) in [6.45, 7) is 11.7. The smallest absolute Gasteiger partial charge is 0.315 e. The predicted octanol–water partition coefficient (Wildman–Crippen LogP) is 1.91. The molecule has 1 aromatic carbocycles. The van der Waals surface area contributed by atoms with Gasteiger partial charge in [-0.25, -0.2) is 4.79 Å². The van der Waals surface area contributed by atoms with Crippen LogP contribution in [-0.2, 0) is 0 Å². The molecule has 2 N–H and O–H groups in total. The van der Waals surface area contributed by atoms with Crippen molar-refractivity contribution in [2.75, 3.05) is 44.2 Å². The summed E-state index contributed by atoms with van der Waals surface area (Å²) in [4.78, 5) is 16.5. The molecule has 0 aromatic heterocycles. The number of urea groups is 1. The number of carbonyl (C=O) groups is 1. The number of nitrogens with one attached hydrogen (secondary N) is 2. The average Bonchev–Trinajstić information content (AvgIpc) is 2.47. The van der Waals surface area contributed by atoms with Crippen LogP contribution in [0.1, 0.15) is 20.8 Å². The van der Waals surface area contributed by atoms with E-state index in [-0.39, 0.29) is 11.6 Å². The van der Waals surface area contributed by atoms with Crippen LogP contribution >= 0.6 is 0 Å². The molecule has 1 fully saturated rings. The second-order valence-electron chi connectivity index (χ2n) is 6.80. The molecule has 0 radical (unpaired) electrons. The molecule has 0 atom stereocenters. The highest BCUT2D eigenvalue weighted by Crippen LogP contribution is 2.15. The molecule has 122 valence electrons. The molecule has 0 aliphatic carbocycles. The zero-order valence-electron chi connectivity index (χ0n) is 13.9. The maximum atomic E-state index is 11.7. The van der Waals surface area contributed by atoms with Gasteiger partial charge in [-0.1, -0.05) is 18.2 Å². The molecule has 1 aliphatic heterocycles. The number of anilines is 1. The number of amides is 2. The Balaban J connectivity index is 1.65. The molecular weight excluding hydrogens is 276 g/mol. The molecule has 0 bridgehead atoms. The van der Waals surface area contributed by atoms with Crippen molar-refractivity contribution in [2.24, 2.45) is 0 Å². The predicted molar refractivity (Wildman–Crippen MR) is 91.4 cm³/mol. The van der Waals surface area contributed by atoms with Gasteiger partial charge in [0.1, 0.15) is 0 Å². The molecule has 5 nitrogen and oxygen atoms in total. The summed E-state index contributed by atoms with van der Waals surface area (Å²) in [7, 11) is 0. The lowest BCUT2D eigenvalue weighted by Crippen LogP contribution is -2.51. The van der Waals surface area contributed by atoms with Crippen LogP contribution in [0.5, 0.6) is 0 Å². The molecule has 1 aliphatic rings. The van der Waals surface area contributed by atoms with Gasteiger partial charge in [-0.15, -0.1) is 0 Å². The summed E-state index contributed by atoms with van der Waals surface area (Å²) in [6, 6.07) is 10.4. The monoisotopic (exact) mass is 304 g/mol. The van der Waals surface area contributed by atoms with Gasteiger partial charge in [0.2, 0.25) is 0 Å². The summed E-state index contributed by atoms with van der Waals surface area (Å²) in [5.41, 5.74) is 1.11. The van der Waals surface area contributed by atoms with Crippen LogP contribution in [0.4, 0.5) is 10.5 Å². The third-order valence-electron chi connectivity index (χ3n) is 3.70. The number of hydrogen-bond acceptors (Lipinski definition) is 3. The van der Waals surface area contributed by atoms with Gasteiger partial charge in [-0.3, -0.25) is 4.90 Å². The van der Waals surface area contributed by atoms with Crippen molar-refractivity contribution >= 4 is 11.7 Å². The molecule has 1 saturated heterocycles. The molecule has 0 saturated carbocycles. The summed E-state index contributed by atoms with van der Waals surface area (Å²) >= 11 is 0. The fourth-order valence-electron chi connectivity index (χ4n) is 2.58. The van der Waals surface area contributed by atoms with E-state index in [2.05, 4.69) is 44.7 Å². The minimum Gasteiger partial charge on any atom is -0.369 e. The summed E-state index contributed by atoms with van der Waals surface area (Å²) in [5, 5.41) is 5.83. The summed E-state index contributed by atoms with van der Waals surface area (Å²) in [5.74, 6) is 0. The van der Waals surface area contributed by atoms with Gasteiger partial charge >= 0.3 is 6.03 Å². The highest BCUT2D eigenvalue weighted by Gasteiger charge is 2.17. The van der Waals surface area contributed by atoms with E-state index >= 15 is 0 Å². The molecule has 0 spiro atoms. The minimum absolute atomic E-state index is 0.0876. The third kappa shape index (κ3) is 5.56. The molecule has 5 heteroatoms. The van der Waals surface area contributed by atoms with Crippen LogP contribution in [0, 0.1) is 0 Å². The van der Waals surface area contributed by atoms with E-state index in [4.69, 9.17) is 0 Å². The Bertz CT molecular complexity index is 461. The van der Waals surface area contributed by atoms with E-state index in [1.165, 1.54) is 5.69 Å². The van der Waals surface area contributed by atoms with Crippen molar-refractivity contribution in [1.29, 1.82) is 0 Å². The van der Waals surface area contributed by atoms with Crippen molar-refractivity contribution < 1.29 is 4.79 Å². The van der Waals surface area contributed by atoms with Crippen LogP contribution in [0.15, 0.2) is 30.3 Å². The van der Waals surface area contributed by atoms with E-state index in [9.17, 15) is 4.79 Å². The van der Waals surface area contributed by atoms with Gasteiger partial charge in [0.15, 0.2) is 0 Å². The summed E-state index contributed by atoms with van der Waals surface area (Å²) in [6.07, 6.45) is 0. The Morgan fingerprint density at radius 3 is 2.32 bits per heavy atom. The van der Waals surface area contributed by atoms with Gasteiger partial charge in [-0.05, 0) is 32.9 Å². The Morgan fingerprint density at radius 1 is 1.09 bits per heavy atom. The first kappa shape index (κ1) is 16.6. The normalized spacial score (nSPS) is 16.4. The van der Waals surface area contributed by atoms with Gasteiger partial charge in [0.05, 0.1) is 0 Å². The Morgan fingerprint density at radius 2 is 1.73 bits per heavy atom. The number of nitrogens with zero attached hydrogens (tertiary/aromatic N) is 2. The van der Waals surface area contributed by atoms with Crippen LogP contribution in [0.3, 0.4) is 0 Å². The SMILES string of the molecule is CC(C)(C)NC(=O)NCCN1CCN(c2ccccc2)CC1. The van der Waals surface area contributed by atoms with Crippen LogP contribution < -0.4 is 15.5 Å². The van der Waals surface area contributed by atoms with Crippen LogP contribution in [0.2, 0.25) is 0 Å². The lowest BCUT2D eigenvalue weighted by molar-refractivity contribution is 0.225. The molecule has 1 aromatic rings. The quantitative estimate of drug-likeness (QED) is 0.893. The Hall–Kier alpha value is -1.75. The van der Waals surface area contributed by atoms with Gasteiger partial charge in [0.25, 0.3) is 0 Å². The van der Waals surface area contributed by atoms with Crippen molar-refractivity contribution in [3.63, 3.8) is 0 Å². The molecular formula is C17H28N4O. The number of para-hydroxylation sites is 1. The largest absolute Gasteiger partial charge is 0.369 e. The van der Waals surface area contributed by atoms with E-state index < -0.39 is 0 Å². The zero-order chi connectivity index (χ0) is 16.0. The minimum atomic E-state index is -0.189. The second kappa shape index (κ2) is 7.49. The topological polar surface area (TPSA) is 47.6 Å². The number of carbonyl (C=O) groups excluding carboxylic acids is 1. The van der Waals surface area contributed by atoms with Gasteiger partial charge in [-0.2, -0.15) is 0 Å². The highest BCUT2D eigenvalue weighted by molar-refractivity contribution is 5.74. The van der Waals surface area contributed by atoms with Crippen molar-refractivity contribution in [1.82, 2.24) is 15.5 Å². The fourth-order valence-corrected chi connectivity index (χ4v) is 2.58. The Labute approximate surface area is 133 Å². The van der Waals surface area contributed by atoms with Crippen molar-refractivity contribution in [2.45, 2.75) is 26.3 Å². The summed E-state index contributed by atoms with van der Waals surface area (Å²) < 4.78 is 0. The number of hydrogen-bond donors (Lipinski definition) is 2. The van der Waals surface area contributed by atoms with E-state index in [1.807, 2.05) is 26.8 Å². The molecule has 0 unspecified atom stereocenters. The molecule has 1 heterocycles. The lowest BCUT2D eigenvalue weighted by Gasteiger charge is -2.36. The third-order valence-corrected chi connectivity index (χ3v) is 3.70. The first-order valence-electron chi connectivity index (χ1n) is 8.02. The Kier molecular flexibility index (Phi) is 5.66. The number of benzene rings is 1. The first-order valence-corrected chi connectivity index (χ1v) is 8.02. The molecule has 22 heavy (non-hydrogen) atoms.